The van der Waals surface area contributed by atoms with Crippen molar-refractivity contribution in [1.29, 1.82) is 0 Å². The Bertz CT molecular complexity index is 502. The van der Waals surface area contributed by atoms with Crippen LogP contribution < -0.4 is 0 Å². The molecule has 0 unspecified atom stereocenters. The van der Waals surface area contributed by atoms with Crippen LogP contribution in [0.3, 0.4) is 0 Å². The lowest BCUT2D eigenvalue weighted by molar-refractivity contribution is -0.142. The fraction of sp³-hybridized carbons (Fsp3) is 0.750. The number of likely N-dealkylation sites (tertiary alicyclic amines) is 1. The van der Waals surface area contributed by atoms with E-state index in [0.717, 1.165) is 31.4 Å². The van der Waals surface area contributed by atoms with Gasteiger partial charge < -0.3 is 5.11 Å². The molecule has 2 fully saturated rings. The Morgan fingerprint density at radius 3 is 3.05 bits per heavy atom. The summed E-state index contributed by atoms with van der Waals surface area (Å²) in [5.41, 5.74) is 1.06. The molecule has 0 amide bonds. The van der Waals surface area contributed by atoms with Crippen LogP contribution >= 0.6 is 11.3 Å². The summed E-state index contributed by atoms with van der Waals surface area (Å²) in [6.07, 6.45) is 7.81. The fourth-order valence-corrected chi connectivity index (χ4v) is 4.85. The van der Waals surface area contributed by atoms with E-state index in [0.29, 0.717) is 18.5 Å². The molecule has 2 heterocycles. The third kappa shape index (κ3) is 3.14. The van der Waals surface area contributed by atoms with Gasteiger partial charge in [0.2, 0.25) is 0 Å². The zero-order chi connectivity index (χ0) is 14.8. The maximum atomic E-state index is 11.6. The second-order valence-corrected chi connectivity index (χ2v) is 7.30. The molecule has 4 nitrogen and oxygen atoms in total. The van der Waals surface area contributed by atoms with Crippen molar-refractivity contribution < 1.29 is 9.90 Å². The van der Waals surface area contributed by atoms with Gasteiger partial charge in [-0.2, -0.15) is 0 Å². The van der Waals surface area contributed by atoms with Crippen molar-refractivity contribution in [1.82, 2.24) is 9.88 Å². The number of hydrogen-bond donors (Lipinski definition) is 1. The molecule has 1 aliphatic carbocycles. The minimum atomic E-state index is -0.659. The standard InChI is InChI=1S/C16H24N2O2S/c1-2-5-15-17-12(10-21-15)9-18-13-7-4-3-6-11(13)8-14(18)16(19)20/h10-11,13-14H,2-9H2,1H3,(H,19,20)/t11-,13+,14+/m1/s1. The second kappa shape index (κ2) is 6.44. The molecule has 5 heteroatoms. The van der Waals surface area contributed by atoms with Crippen molar-refractivity contribution in [3.63, 3.8) is 0 Å². The average molecular weight is 308 g/mol. The average Bonchev–Trinajstić information content (AvgIpc) is 3.05. The van der Waals surface area contributed by atoms with Crippen LogP contribution in [0.1, 0.15) is 56.2 Å². The molecule has 0 spiro atoms. The Balaban J connectivity index is 1.74. The number of hydrogen-bond acceptors (Lipinski definition) is 4. The van der Waals surface area contributed by atoms with Crippen molar-refractivity contribution >= 4 is 17.3 Å². The summed E-state index contributed by atoms with van der Waals surface area (Å²) in [6.45, 7) is 2.87. The predicted octanol–water partition coefficient (Wildman–Crippen LogP) is 3.31. The molecule has 3 rings (SSSR count). The molecule has 1 aliphatic heterocycles. The zero-order valence-electron chi connectivity index (χ0n) is 12.6. The van der Waals surface area contributed by atoms with Crippen LogP contribution in [0.5, 0.6) is 0 Å². The lowest BCUT2D eigenvalue weighted by Gasteiger charge is -2.32. The maximum absolute atomic E-state index is 11.6. The van der Waals surface area contributed by atoms with Crippen molar-refractivity contribution in [3.8, 4) is 0 Å². The van der Waals surface area contributed by atoms with Gasteiger partial charge in [0.25, 0.3) is 0 Å². The van der Waals surface area contributed by atoms with Gasteiger partial charge in [-0.05, 0) is 38.0 Å². The predicted molar refractivity (Wildman–Crippen MR) is 83.4 cm³/mol. The normalized spacial score (nSPS) is 29.5. The maximum Gasteiger partial charge on any atom is 0.320 e. The van der Waals surface area contributed by atoms with Crippen molar-refractivity contribution in [2.24, 2.45) is 5.92 Å². The summed E-state index contributed by atoms with van der Waals surface area (Å²) in [4.78, 5) is 18.5. The zero-order valence-corrected chi connectivity index (χ0v) is 13.4. The highest BCUT2D eigenvalue weighted by Gasteiger charge is 2.45. The molecule has 1 aromatic heterocycles. The molecule has 1 saturated carbocycles. The number of thiazole rings is 1. The Labute approximate surface area is 130 Å². The van der Waals surface area contributed by atoms with E-state index in [1.807, 2.05) is 0 Å². The highest BCUT2D eigenvalue weighted by Crippen LogP contribution is 2.40. The molecule has 3 atom stereocenters. The molecular weight excluding hydrogens is 284 g/mol. The second-order valence-electron chi connectivity index (χ2n) is 6.36. The summed E-state index contributed by atoms with van der Waals surface area (Å²) < 4.78 is 0. The number of nitrogens with zero attached hydrogens (tertiary/aromatic N) is 2. The number of aromatic nitrogens is 1. The van der Waals surface area contributed by atoms with Gasteiger partial charge in [-0.3, -0.25) is 9.69 Å². The van der Waals surface area contributed by atoms with Crippen LogP contribution in [0.25, 0.3) is 0 Å². The lowest BCUT2D eigenvalue weighted by Crippen LogP contribution is -2.41. The van der Waals surface area contributed by atoms with E-state index in [2.05, 4.69) is 22.2 Å². The van der Waals surface area contributed by atoms with E-state index in [4.69, 9.17) is 0 Å². The SMILES string of the molecule is CCCc1nc(CN2[C@H](C(=O)O)C[C@H]3CCCC[C@@H]32)cs1. The van der Waals surface area contributed by atoms with E-state index in [-0.39, 0.29) is 6.04 Å². The highest BCUT2D eigenvalue weighted by molar-refractivity contribution is 7.09. The molecule has 2 aliphatic rings. The quantitative estimate of drug-likeness (QED) is 0.906. The molecule has 0 aromatic carbocycles. The molecule has 1 saturated heterocycles. The molecule has 0 radical (unpaired) electrons. The number of aryl methyl sites for hydroxylation is 1. The summed E-state index contributed by atoms with van der Waals surface area (Å²) >= 11 is 1.71. The van der Waals surface area contributed by atoms with Gasteiger partial charge in [0.15, 0.2) is 0 Å². The van der Waals surface area contributed by atoms with Crippen LogP contribution in [0.2, 0.25) is 0 Å². The number of rotatable bonds is 5. The Morgan fingerprint density at radius 1 is 1.48 bits per heavy atom. The monoisotopic (exact) mass is 308 g/mol. The number of carboxylic acid groups (broad SMARTS) is 1. The first-order valence-corrected chi connectivity index (χ1v) is 8.98. The minimum absolute atomic E-state index is 0.311. The third-order valence-corrected chi connectivity index (χ3v) is 5.87. The van der Waals surface area contributed by atoms with Gasteiger partial charge in [0.1, 0.15) is 6.04 Å². The minimum Gasteiger partial charge on any atom is -0.480 e. The molecular formula is C16H24N2O2S. The van der Waals surface area contributed by atoms with Crippen LogP contribution in [0.15, 0.2) is 5.38 Å². The Kier molecular flexibility index (Phi) is 4.60. The first kappa shape index (κ1) is 15.0. The molecule has 0 bridgehead atoms. The molecule has 1 N–H and O–H groups in total. The Hall–Kier alpha value is -0.940. The van der Waals surface area contributed by atoms with E-state index >= 15 is 0 Å². The summed E-state index contributed by atoms with van der Waals surface area (Å²) in [6, 6.07) is 0.144. The van der Waals surface area contributed by atoms with Gasteiger partial charge in [-0.15, -0.1) is 11.3 Å². The van der Waals surface area contributed by atoms with Gasteiger partial charge in [0.05, 0.1) is 10.7 Å². The van der Waals surface area contributed by atoms with Gasteiger partial charge in [-0.25, -0.2) is 4.98 Å². The van der Waals surface area contributed by atoms with Crippen molar-refractivity contribution in [3.05, 3.63) is 16.1 Å². The van der Waals surface area contributed by atoms with Crippen molar-refractivity contribution in [2.45, 2.75) is 70.5 Å². The van der Waals surface area contributed by atoms with Gasteiger partial charge in [-0.1, -0.05) is 19.8 Å². The van der Waals surface area contributed by atoms with Crippen LogP contribution in [-0.2, 0) is 17.8 Å². The molecule has 1 aromatic rings. The van der Waals surface area contributed by atoms with Crippen LogP contribution in [-0.4, -0.2) is 33.0 Å². The van der Waals surface area contributed by atoms with E-state index in [9.17, 15) is 9.90 Å². The highest BCUT2D eigenvalue weighted by atomic mass is 32.1. The topological polar surface area (TPSA) is 53.4 Å². The largest absolute Gasteiger partial charge is 0.480 e. The van der Waals surface area contributed by atoms with Crippen molar-refractivity contribution in [2.75, 3.05) is 0 Å². The summed E-state index contributed by atoms with van der Waals surface area (Å²) in [7, 11) is 0. The smallest absolute Gasteiger partial charge is 0.320 e. The van der Waals surface area contributed by atoms with Gasteiger partial charge >= 0.3 is 5.97 Å². The molecule has 21 heavy (non-hydrogen) atoms. The van der Waals surface area contributed by atoms with E-state index in [1.54, 1.807) is 11.3 Å². The number of aliphatic carboxylic acids is 1. The van der Waals surface area contributed by atoms with Gasteiger partial charge in [0, 0.05) is 18.0 Å². The lowest BCUT2D eigenvalue weighted by atomic mass is 9.85. The number of fused-ring (bicyclic) bond motifs is 1. The van der Waals surface area contributed by atoms with Crippen LogP contribution in [0, 0.1) is 5.92 Å². The summed E-state index contributed by atoms with van der Waals surface area (Å²) in [5, 5.41) is 12.8. The number of carboxylic acids is 1. The first-order valence-electron chi connectivity index (χ1n) is 8.11. The third-order valence-electron chi connectivity index (χ3n) is 4.91. The number of carbonyl (C=O) groups is 1. The molecule has 116 valence electrons. The Morgan fingerprint density at radius 2 is 2.29 bits per heavy atom. The van der Waals surface area contributed by atoms with E-state index < -0.39 is 5.97 Å². The summed E-state index contributed by atoms with van der Waals surface area (Å²) in [5.74, 6) is -0.0815. The first-order chi connectivity index (χ1) is 10.2. The fourth-order valence-electron chi connectivity index (χ4n) is 3.96. The van der Waals surface area contributed by atoms with Crippen LogP contribution in [0.4, 0.5) is 0 Å². The van der Waals surface area contributed by atoms with E-state index in [1.165, 1.54) is 24.3 Å².